The molecule has 6 nitrogen and oxygen atoms in total. The van der Waals surface area contributed by atoms with Gasteiger partial charge in [0.25, 0.3) is 5.91 Å². The molecule has 0 atom stereocenters. The minimum atomic E-state index is -0.350. The smallest absolute Gasteiger partial charge is 0.277 e. The number of carbonyl (C=O) groups is 1. The molecule has 3 rings (SSSR count). The normalized spacial score (nSPS) is 11.4. The number of rotatable bonds is 9. The molecule has 3 aromatic carbocycles. The third-order valence-electron chi connectivity index (χ3n) is 5.20. The Kier molecular flexibility index (Phi) is 8.77. The average Bonchev–Trinajstić information content (AvgIpc) is 2.82. The van der Waals surface area contributed by atoms with Gasteiger partial charge in [-0.1, -0.05) is 62.2 Å². The summed E-state index contributed by atoms with van der Waals surface area (Å²) in [6, 6.07) is 18.8. The third-order valence-corrected chi connectivity index (χ3v) is 5.45. The molecule has 184 valence electrons. The number of hydrazone groups is 1. The number of methoxy groups -OCH3 is 1. The van der Waals surface area contributed by atoms with Crippen LogP contribution in [-0.2, 0) is 16.8 Å². The number of ether oxygens (including phenoxy) is 3. The van der Waals surface area contributed by atoms with Gasteiger partial charge in [-0.3, -0.25) is 4.79 Å². The van der Waals surface area contributed by atoms with E-state index in [-0.39, 0.29) is 17.9 Å². The van der Waals surface area contributed by atoms with Gasteiger partial charge in [0.1, 0.15) is 12.4 Å². The van der Waals surface area contributed by atoms with E-state index in [1.807, 2.05) is 49.4 Å². The number of nitrogens with one attached hydrogen (secondary N) is 1. The summed E-state index contributed by atoms with van der Waals surface area (Å²) in [6.45, 7) is 8.62. The van der Waals surface area contributed by atoms with Crippen molar-refractivity contribution in [1.29, 1.82) is 0 Å². The first-order chi connectivity index (χ1) is 16.7. The van der Waals surface area contributed by atoms with Crippen LogP contribution in [-0.4, -0.2) is 25.8 Å². The fourth-order valence-corrected chi connectivity index (χ4v) is 3.46. The molecule has 3 aromatic rings. The van der Waals surface area contributed by atoms with E-state index in [1.165, 1.54) is 6.21 Å². The van der Waals surface area contributed by atoms with Gasteiger partial charge in [0.15, 0.2) is 18.1 Å². The molecule has 0 aliphatic heterocycles. The molecule has 0 heterocycles. The zero-order valence-corrected chi connectivity index (χ0v) is 21.5. The van der Waals surface area contributed by atoms with E-state index in [4.69, 9.17) is 25.8 Å². The number of benzene rings is 3. The predicted octanol–water partition coefficient (Wildman–Crippen LogP) is 6.06. The van der Waals surface area contributed by atoms with Crippen LogP contribution >= 0.6 is 11.6 Å². The standard InChI is InChI=1S/C28H31ClN2O4/c1-19-6-12-24(23(14-19)28(2,3)4)35-18-27(32)31-30-16-21-9-13-25(26(15-21)33-5)34-17-20-7-10-22(29)11-8-20/h6-16H,17-18H2,1-5H3,(H,31,32)/b30-16+. The summed E-state index contributed by atoms with van der Waals surface area (Å²) < 4.78 is 17.1. The number of carbonyl (C=O) groups excluding carboxylic acids is 1. The number of aryl methyl sites for hydroxylation is 1. The molecule has 0 unspecified atom stereocenters. The van der Waals surface area contributed by atoms with E-state index in [1.54, 1.807) is 19.2 Å². The lowest BCUT2D eigenvalue weighted by molar-refractivity contribution is -0.123. The molecule has 0 radical (unpaired) electrons. The van der Waals surface area contributed by atoms with Crippen molar-refractivity contribution in [3.05, 3.63) is 87.9 Å². The molecule has 0 spiro atoms. The maximum Gasteiger partial charge on any atom is 0.277 e. The largest absolute Gasteiger partial charge is 0.493 e. The van der Waals surface area contributed by atoms with Gasteiger partial charge in [-0.2, -0.15) is 5.10 Å². The Morgan fingerprint density at radius 1 is 0.971 bits per heavy atom. The van der Waals surface area contributed by atoms with Crippen molar-refractivity contribution in [3.63, 3.8) is 0 Å². The number of nitrogens with zero attached hydrogens (tertiary/aromatic N) is 1. The van der Waals surface area contributed by atoms with Crippen molar-refractivity contribution in [3.8, 4) is 17.2 Å². The molecule has 35 heavy (non-hydrogen) atoms. The van der Waals surface area contributed by atoms with Gasteiger partial charge >= 0.3 is 0 Å². The molecular formula is C28H31ClN2O4. The molecule has 1 amide bonds. The highest BCUT2D eigenvalue weighted by Gasteiger charge is 2.19. The quantitative estimate of drug-likeness (QED) is 0.290. The number of halogens is 1. The van der Waals surface area contributed by atoms with E-state index in [0.29, 0.717) is 28.9 Å². The molecule has 0 saturated carbocycles. The van der Waals surface area contributed by atoms with Crippen LogP contribution in [0.2, 0.25) is 5.02 Å². The first-order valence-electron chi connectivity index (χ1n) is 11.3. The van der Waals surface area contributed by atoms with E-state index < -0.39 is 0 Å². The molecule has 0 saturated heterocycles. The van der Waals surface area contributed by atoms with Crippen LogP contribution in [0.1, 0.15) is 43.0 Å². The highest BCUT2D eigenvalue weighted by Crippen LogP contribution is 2.32. The predicted molar refractivity (Wildman–Crippen MR) is 140 cm³/mol. The van der Waals surface area contributed by atoms with Crippen molar-refractivity contribution >= 4 is 23.7 Å². The Morgan fingerprint density at radius 3 is 2.37 bits per heavy atom. The van der Waals surface area contributed by atoms with Crippen molar-refractivity contribution < 1.29 is 19.0 Å². The second-order valence-corrected chi connectivity index (χ2v) is 9.59. The first kappa shape index (κ1) is 26.1. The summed E-state index contributed by atoms with van der Waals surface area (Å²) >= 11 is 5.92. The summed E-state index contributed by atoms with van der Waals surface area (Å²) in [7, 11) is 1.57. The van der Waals surface area contributed by atoms with Crippen LogP contribution < -0.4 is 19.6 Å². The Labute approximate surface area is 211 Å². The van der Waals surface area contributed by atoms with Crippen LogP contribution in [0.4, 0.5) is 0 Å². The SMILES string of the molecule is COc1cc(/C=N/NC(=O)COc2ccc(C)cc2C(C)(C)C)ccc1OCc1ccc(Cl)cc1. The minimum absolute atomic E-state index is 0.0975. The molecule has 0 aliphatic rings. The third kappa shape index (κ3) is 7.76. The molecule has 0 bridgehead atoms. The van der Waals surface area contributed by atoms with Crippen LogP contribution in [0.25, 0.3) is 0 Å². The van der Waals surface area contributed by atoms with Gasteiger partial charge in [0, 0.05) is 5.02 Å². The summed E-state index contributed by atoms with van der Waals surface area (Å²) in [4.78, 5) is 12.2. The Hall–Kier alpha value is -3.51. The van der Waals surface area contributed by atoms with E-state index in [2.05, 4.69) is 37.4 Å². The van der Waals surface area contributed by atoms with Gasteiger partial charge in [0.05, 0.1) is 13.3 Å². The van der Waals surface area contributed by atoms with Crippen LogP contribution in [0.3, 0.4) is 0 Å². The van der Waals surface area contributed by atoms with E-state index in [0.717, 1.165) is 22.3 Å². The lowest BCUT2D eigenvalue weighted by Crippen LogP contribution is -2.25. The van der Waals surface area contributed by atoms with Crippen LogP contribution in [0.15, 0.2) is 65.8 Å². The van der Waals surface area contributed by atoms with Gasteiger partial charge in [-0.05, 0) is 65.4 Å². The monoisotopic (exact) mass is 494 g/mol. The molecule has 7 heteroatoms. The van der Waals surface area contributed by atoms with E-state index in [9.17, 15) is 4.79 Å². The number of amides is 1. The topological polar surface area (TPSA) is 69.2 Å². The lowest BCUT2D eigenvalue weighted by Gasteiger charge is -2.23. The molecule has 0 aromatic heterocycles. The highest BCUT2D eigenvalue weighted by atomic mass is 35.5. The van der Waals surface area contributed by atoms with Crippen molar-refractivity contribution in [2.24, 2.45) is 5.10 Å². The Morgan fingerprint density at radius 2 is 1.69 bits per heavy atom. The zero-order valence-electron chi connectivity index (χ0n) is 20.7. The van der Waals surface area contributed by atoms with E-state index >= 15 is 0 Å². The Balaban J connectivity index is 1.55. The number of hydrogen-bond acceptors (Lipinski definition) is 5. The highest BCUT2D eigenvalue weighted by molar-refractivity contribution is 6.30. The van der Waals surface area contributed by atoms with Gasteiger partial charge in [-0.15, -0.1) is 0 Å². The summed E-state index contributed by atoms with van der Waals surface area (Å²) in [5.74, 6) is 1.51. The minimum Gasteiger partial charge on any atom is -0.493 e. The van der Waals surface area contributed by atoms with Crippen molar-refractivity contribution in [2.75, 3.05) is 13.7 Å². The van der Waals surface area contributed by atoms with Gasteiger partial charge < -0.3 is 14.2 Å². The van der Waals surface area contributed by atoms with Crippen molar-refractivity contribution in [1.82, 2.24) is 5.43 Å². The lowest BCUT2D eigenvalue weighted by atomic mass is 9.85. The van der Waals surface area contributed by atoms with Crippen LogP contribution in [0.5, 0.6) is 17.2 Å². The summed E-state index contributed by atoms with van der Waals surface area (Å²) in [5.41, 5.74) is 6.34. The van der Waals surface area contributed by atoms with Gasteiger partial charge in [0.2, 0.25) is 0 Å². The zero-order chi connectivity index (χ0) is 25.4. The molecule has 0 fully saturated rings. The maximum absolute atomic E-state index is 12.2. The number of hydrogen-bond donors (Lipinski definition) is 1. The van der Waals surface area contributed by atoms with Gasteiger partial charge in [-0.25, -0.2) is 5.43 Å². The summed E-state index contributed by atoms with van der Waals surface area (Å²) in [6.07, 6.45) is 1.54. The molecular weight excluding hydrogens is 464 g/mol. The average molecular weight is 495 g/mol. The second kappa shape index (κ2) is 11.8. The Bertz CT molecular complexity index is 1180. The van der Waals surface area contributed by atoms with Crippen molar-refractivity contribution in [2.45, 2.75) is 39.7 Å². The van der Waals surface area contributed by atoms with Crippen LogP contribution in [0, 0.1) is 6.92 Å². The fourth-order valence-electron chi connectivity index (χ4n) is 3.34. The first-order valence-corrected chi connectivity index (χ1v) is 11.6. The fraction of sp³-hybridized carbons (Fsp3) is 0.286. The molecule has 1 N–H and O–H groups in total. The second-order valence-electron chi connectivity index (χ2n) is 9.16. The maximum atomic E-state index is 12.2. The molecule has 0 aliphatic carbocycles. The summed E-state index contributed by atoms with van der Waals surface area (Å²) in [5, 5.41) is 4.71.